The lowest BCUT2D eigenvalue weighted by Crippen LogP contribution is -2.29. The minimum atomic E-state index is -4.35. The van der Waals surface area contributed by atoms with Gasteiger partial charge in [-0.1, -0.05) is 23.7 Å². The Labute approximate surface area is 231 Å². The molecule has 12 heteroatoms. The van der Waals surface area contributed by atoms with E-state index in [1.54, 1.807) is 12.1 Å². The summed E-state index contributed by atoms with van der Waals surface area (Å²) in [6, 6.07) is 8.65. The van der Waals surface area contributed by atoms with Gasteiger partial charge in [-0.3, -0.25) is 20.0 Å². The molecular weight excluding hydrogens is 551 g/mol. The average molecular weight is 574 g/mol. The summed E-state index contributed by atoms with van der Waals surface area (Å²) in [6.07, 6.45) is -0.672. The van der Waals surface area contributed by atoms with Crippen molar-refractivity contribution in [3.05, 3.63) is 86.9 Å². The molecule has 1 N–H and O–H groups in total. The van der Waals surface area contributed by atoms with Gasteiger partial charge in [0.25, 0.3) is 5.91 Å². The van der Waals surface area contributed by atoms with Gasteiger partial charge in [-0.05, 0) is 36.8 Å². The number of carbonyl (C=O) groups excluding carboxylic acids is 1. The van der Waals surface area contributed by atoms with E-state index in [9.17, 15) is 18.0 Å². The van der Waals surface area contributed by atoms with E-state index in [1.807, 2.05) is 6.92 Å². The Morgan fingerprint density at radius 2 is 1.92 bits per heavy atom. The van der Waals surface area contributed by atoms with Crippen LogP contribution in [-0.2, 0) is 25.7 Å². The van der Waals surface area contributed by atoms with Crippen molar-refractivity contribution in [3.63, 3.8) is 0 Å². The van der Waals surface area contributed by atoms with Crippen LogP contribution >= 0.6 is 22.9 Å². The average Bonchev–Trinajstić information content (AvgIpc) is 3.29. The first-order valence-electron chi connectivity index (χ1n) is 12.0. The monoisotopic (exact) mass is 573 g/mol. The molecule has 1 amide bonds. The van der Waals surface area contributed by atoms with E-state index in [-0.39, 0.29) is 11.1 Å². The van der Waals surface area contributed by atoms with E-state index < -0.39 is 11.7 Å². The lowest BCUT2D eigenvalue weighted by Gasteiger charge is -2.25. The van der Waals surface area contributed by atoms with E-state index in [1.165, 1.54) is 43.0 Å². The second-order valence-corrected chi connectivity index (χ2v) is 10.5. The molecular formula is C27H23ClF3N5O2S. The van der Waals surface area contributed by atoms with Crippen LogP contribution in [0.25, 0.3) is 11.1 Å². The Morgan fingerprint density at radius 1 is 1.15 bits per heavy atom. The number of rotatable bonds is 6. The van der Waals surface area contributed by atoms with Crippen LogP contribution in [0.5, 0.6) is 5.75 Å². The third kappa shape index (κ3) is 6.05. The first-order chi connectivity index (χ1) is 18.6. The summed E-state index contributed by atoms with van der Waals surface area (Å²) >= 11 is 7.51. The van der Waals surface area contributed by atoms with E-state index in [0.29, 0.717) is 53.6 Å². The van der Waals surface area contributed by atoms with Crippen molar-refractivity contribution >= 4 is 34.0 Å². The zero-order chi connectivity index (χ0) is 27.7. The van der Waals surface area contributed by atoms with Gasteiger partial charge < -0.3 is 4.74 Å². The predicted octanol–water partition coefficient (Wildman–Crippen LogP) is 6.40. The summed E-state index contributed by atoms with van der Waals surface area (Å²) in [5.74, 6) is 0.0945. The normalized spacial score (nSPS) is 13.7. The van der Waals surface area contributed by atoms with Crippen molar-refractivity contribution in [1.29, 1.82) is 0 Å². The number of halogens is 4. The molecule has 0 radical (unpaired) electrons. The number of thiazole rings is 1. The SMILES string of the molecule is COc1cnc(Cl)cc1-c1cc(C)ncc1C(=O)Nc1nc2c(s1)CN(Cc1ccc(C(F)(F)F)cc1)CC2. The number of carbonyl (C=O) groups is 1. The number of hydrogen-bond acceptors (Lipinski definition) is 7. The minimum absolute atomic E-state index is 0.264. The quantitative estimate of drug-likeness (QED) is 0.269. The number of pyridine rings is 2. The molecule has 1 aliphatic heterocycles. The van der Waals surface area contributed by atoms with Crippen molar-refractivity contribution in [2.75, 3.05) is 19.0 Å². The summed E-state index contributed by atoms with van der Waals surface area (Å²) in [5, 5.41) is 3.63. The molecule has 0 atom stereocenters. The molecule has 0 saturated carbocycles. The van der Waals surface area contributed by atoms with Gasteiger partial charge in [0.1, 0.15) is 10.9 Å². The summed E-state index contributed by atoms with van der Waals surface area (Å²) in [5.41, 5.74) is 3.31. The summed E-state index contributed by atoms with van der Waals surface area (Å²) in [7, 11) is 1.52. The van der Waals surface area contributed by atoms with Crippen LogP contribution in [-0.4, -0.2) is 39.4 Å². The Balaban J connectivity index is 1.32. The molecule has 0 fully saturated rings. The fourth-order valence-electron chi connectivity index (χ4n) is 4.41. The second-order valence-electron chi connectivity index (χ2n) is 9.08. The second kappa shape index (κ2) is 10.9. The smallest absolute Gasteiger partial charge is 0.416 e. The Morgan fingerprint density at radius 3 is 2.64 bits per heavy atom. The fraction of sp³-hybridized carbons (Fsp3) is 0.259. The maximum atomic E-state index is 13.4. The fourth-order valence-corrected chi connectivity index (χ4v) is 5.62. The molecule has 1 aliphatic rings. The van der Waals surface area contributed by atoms with Crippen LogP contribution in [0.3, 0.4) is 0 Å². The number of hydrogen-bond donors (Lipinski definition) is 1. The maximum absolute atomic E-state index is 13.4. The highest BCUT2D eigenvalue weighted by Gasteiger charge is 2.30. The maximum Gasteiger partial charge on any atom is 0.416 e. The number of ether oxygens (including phenoxy) is 1. The lowest BCUT2D eigenvalue weighted by molar-refractivity contribution is -0.137. The molecule has 7 nitrogen and oxygen atoms in total. The first kappa shape index (κ1) is 27.0. The summed E-state index contributed by atoms with van der Waals surface area (Å²) < 4.78 is 44.0. The number of anilines is 1. The highest BCUT2D eigenvalue weighted by molar-refractivity contribution is 7.15. The number of aromatic nitrogens is 3. The van der Waals surface area contributed by atoms with Crippen molar-refractivity contribution in [1.82, 2.24) is 19.9 Å². The van der Waals surface area contributed by atoms with Gasteiger partial charge in [-0.25, -0.2) is 9.97 Å². The molecule has 0 spiro atoms. The Hall–Kier alpha value is -3.54. The highest BCUT2D eigenvalue weighted by atomic mass is 35.5. The number of nitrogens with one attached hydrogen (secondary N) is 1. The van der Waals surface area contributed by atoms with Crippen molar-refractivity contribution in [2.24, 2.45) is 0 Å². The van der Waals surface area contributed by atoms with Crippen LogP contribution in [0.2, 0.25) is 5.15 Å². The molecule has 39 heavy (non-hydrogen) atoms. The van der Waals surface area contributed by atoms with Gasteiger partial charge in [-0.2, -0.15) is 13.2 Å². The number of alkyl halides is 3. The van der Waals surface area contributed by atoms with E-state index in [2.05, 4.69) is 25.2 Å². The van der Waals surface area contributed by atoms with Crippen LogP contribution in [0.4, 0.5) is 18.3 Å². The number of aryl methyl sites for hydroxylation is 1. The number of nitrogens with zero attached hydrogens (tertiary/aromatic N) is 4. The number of benzene rings is 1. The third-order valence-corrected chi connectivity index (χ3v) is 7.55. The topological polar surface area (TPSA) is 80.2 Å². The van der Waals surface area contributed by atoms with Gasteiger partial charge in [0.15, 0.2) is 5.13 Å². The van der Waals surface area contributed by atoms with Gasteiger partial charge in [-0.15, -0.1) is 11.3 Å². The zero-order valence-corrected chi connectivity index (χ0v) is 22.5. The number of fused-ring (bicyclic) bond motifs is 1. The minimum Gasteiger partial charge on any atom is -0.494 e. The van der Waals surface area contributed by atoms with Gasteiger partial charge in [0.05, 0.1) is 30.1 Å². The molecule has 4 aromatic rings. The van der Waals surface area contributed by atoms with E-state index >= 15 is 0 Å². The van der Waals surface area contributed by atoms with Crippen molar-refractivity contribution < 1.29 is 22.7 Å². The van der Waals surface area contributed by atoms with E-state index in [4.69, 9.17) is 16.3 Å². The van der Waals surface area contributed by atoms with Gasteiger partial charge >= 0.3 is 6.18 Å². The summed E-state index contributed by atoms with van der Waals surface area (Å²) in [6.45, 7) is 3.64. The standard InChI is InChI=1S/C27H23ClF3N5O2S/c1-15-9-18(19-10-24(28)33-12-22(19)38-2)20(11-32-15)25(37)35-26-34-21-7-8-36(14-23(21)39-26)13-16-3-5-17(6-4-16)27(29,30)31/h3-6,9-12H,7-8,13-14H2,1-2H3,(H,34,35,37). The van der Waals surface area contributed by atoms with Crippen LogP contribution < -0.4 is 10.1 Å². The van der Waals surface area contributed by atoms with Crippen molar-refractivity contribution in [3.8, 4) is 16.9 Å². The summed E-state index contributed by atoms with van der Waals surface area (Å²) in [4.78, 5) is 29.5. The van der Waals surface area contributed by atoms with E-state index in [0.717, 1.165) is 34.0 Å². The van der Waals surface area contributed by atoms with Crippen LogP contribution in [0.15, 0.2) is 48.8 Å². The molecule has 202 valence electrons. The molecule has 5 rings (SSSR count). The molecule has 3 aromatic heterocycles. The van der Waals surface area contributed by atoms with Crippen LogP contribution in [0.1, 0.15) is 37.7 Å². The Bertz CT molecular complexity index is 1530. The molecule has 0 unspecified atom stereocenters. The first-order valence-corrected chi connectivity index (χ1v) is 13.1. The molecule has 1 aromatic carbocycles. The number of amides is 1. The highest BCUT2D eigenvalue weighted by Crippen LogP contribution is 2.35. The molecule has 0 aliphatic carbocycles. The zero-order valence-electron chi connectivity index (χ0n) is 21.0. The van der Waals surface area contributed by atoms with Crippen molar-refractivity contribution in [2.45, 2.75) is 32.6 Å². The largest absolute Gasteiger partial charge is 0.494 e. The molecule has 4 heterocycles. The third-order valence-electron chi connectivity index (χ3n) is 6.35. The predicted molar refractivity (Wildman–Crippen MR) is 143 cm³/mol. The van der Waals surface area contributed by atoms with Gasteiger partial charge in [0, 0.05) is 53.9 Å². The Kier molecular flexibility index (Phi) is 7.57. The lowest BCUT2D eigenvalue weighted by atomic mass is 10.0. The molecule has 0 saturated heterocycles. The van der Waals surface area contributed by atoms with Gasteiger partial charge in [0.2, 0.25) is 0 Å². The molecule has 0 bridgehead atoms. The van der Waals surface area contributed by atoms with Crippen LogP contribution in [0, 0.1) is 6.92 Å². The number of methoxy groups -OCH3 is 1.